The second-order valence-corrected chi connectivity index (χ2v) is 7.46. The van der Waals surface area contributed by atoms with Crippen LogP contribution in [0.4, 0.5) is 5.69 Å². The predicted octanol–water partition coefficient (Wildman–Crippen LogP) is 6.07. The van der Waals surface area contributed by atoms with E-state index in [0.717, 1.165) is 19.3 Å². The Hall–Kier alpha value is -0.820. The van der Waals surface area contributed by atoms with Crippen LogP contribution in [-0.4, -0.2) is 5.91 Å². The maximum Gasteiger partial charge on any atom is 0.267 e. The molecular formula is C15H8Cl2INOS. The van der Waals surface area contributed by atoms with Gasteiger partial charge in [-0.1, -0.05) is 29.3 Å². The highest BCUT2D eigenvalue weighted by molar-refractivity contribution is 14.1. The number of fused-ring (bicyclic) bond motifs is 1. The summed E-state index contributed by atoms with van der Waals surface area (Å²) in [5.41, 5.74) is 0.743. The minimum atomic E-state index is -0.210. The Morgan fingerprint density at radius 3 is 2.52 bits per heavy atom. The average molecular weight is 448 g/mol. The van der Waals surface area contributed by atoms with Crippen LogP contribution in [0.5, 0.6) is 0 Å². The van der Waals surface area contributed by atoms with Gasteiger partial charge in [0.15, 0.2) is 0 Å². The Labute approximate surface area is 149 Å². The van der Waals surface area contributed by atoms with Crippen LogP contribution in [0, 0.1) is 3.57 Å². The van der Waals surface area contributed by atoms with Crippen molar-refractivity contribution in [3.63, 3.8) is 0 Å². The molecule has 0 saturated heterocycles. The molecule has 0 unspecified atom stereocenters. The number of carbonyl (C=O) groups excluding carboxylic acids is 1. The van der Waals surface area contributed by atoms with E-state index in [0.29, 0.717) is 14.9 Å². The molecular weight excluding hydrogens is 440 g/mol. The van der Waals surface area contributed by atoms with Gasteiger partial charge in [0.2, 0.25) is 0 Å². The van der Waals surface area contributed by atoms with Crippen LogP contribution < -0.4 is 5.32 Å². The fourth-order valence-electron chi connectivity index (χ4n) is 1.91. The van der Waals surface area contributed by atoms with Crippen LogP contribution in [0.1, 0.15) is 9.67 Å². The molecule has 1 aromatic heterocycles. The third kappa shape index (κ3) is 3.18. The first-order valence-electron chi connectivity index (χ1n) is 5.99. The van der Waals surface area contributed by atoms with Crippen molar-refractivity contribution in [3.05, 3.63) is 61.0 Å². The van der Waals surface area contributed by atoms with Crippen molar-refractivity contribution in [3.8, 4) is 0 Å². The van der Waals surface area contributed by atoms with Gasteiger partial charge in [-0.15, -0.1) is 11.3 Å². The fourth-order valence-corrected chi connectivity index (χ4v) is 3.95. The first-order chi connectivity index (χ1) is 10.0. The van der Waals surface area contributed by atoms with Crippen LogP contribution in [-0.2, 0) is 0 Å². The van der Waals surface area contributed by atoms with Gasteiger partial charge in [-0.25, -0.2) is 0 Å². The molecule has 0 atom stereocenters. The molecule has 1 heterocycles. The molecule has 0 aliphatic carbocycles. The minimum Gasteiger partial charge on any atom is -0.321 e. The fraction of sp³-hybridized carbons (Fsp3) is 0. The number of benzene rings is 2. The van der Waals surface area contributed by atoms with E-state index in [-0.39, 0.29) is 5.91 Å². The van der Waals surface area contributed by atoms with Crippen LogP contribution >= 0.6 is 57.1 Å². The molecule has 3 aromatic rings. The highest BCUT2D eigenvalue weighted by Gasteiger charge is 2.17. The number of halogens is 3. The summed E-state index contributed by atoms with van der Waals surface area (Å²) in [5.74, 6) is -0.210. The zero-order chi connectivity index (χ0) is 15.0. The van der Waals surface area contributed by atoms with Crippen molar-refractivity contribution >= 4 is 78.8 Å². The van der Waals surface area contributed by atoms with E-state index in [1.807, 2.05) is 36.4 Å². The first kappa shape index (κ1) is 15.1. The van der Waals surface area contributed by atoms with Crippen LogP contribution in [0.3, 0.4) is 0 Å². The van der Waals surface area contributed by atoms with Gasteiger partial charge in [0, 0.05) is 24.4 Å². The van der Waals surface area contributed by atoms with E-state index < -0.39 is 0 Å². The van der Waals surface area contributed by atoms with Gasteiger partial charge >= 0.3 is 0 Å². The molecule has 1 amide bonds. The van der Waals surface area contributed by atoms with Crippen LogP contribution in [0.25, 0.3) is 10.1 Å². The van der Waals surface area contributed by atoms with Crippen molar-refractivity contribution in [2.24, 2.45) is 0 Å². The van der Waals surface area contributed by atoms with Crippen molar-refractivity contribution in [2.45, 2.75) is 0 Å². The van der Waals surface area contributed by atoms with Gasteiger partial charge in [0.05, 0.1) is 5.02 Å². The first-order valence-corrected chi connectivity index (χ1v) is 8.64. The summed E-state index contributed by atoms with van der Waals surface area (Å²) in [7, 11) is 0. The van der Waals surface area contributed by atoms with Gasteiger partial charge in [-0.3, -0.25) is 4.79 Å². The van der Waals surface area contributed by atoms with E-state index in [2.05, 4.69) is 27.9 Å². The highest BCUT2D eigenvalue weighted by Crippen LogP contribution is 2.37. The molecule has 0 spiro atoms. The lowest BCUT2D eigenvalue weighted by Crippen LogP contribution is -2.10. The maximum absolute atomic E-state index is 12.4. The molecule has 0 aliphatic rings. The van der Waals surface area contributed by atoms with Gasteiger partial charge in [0.25, 0.3) is 5.91 Å². The van der Waals surface area contributed by atoms with E-state index in [9.17, 15) is 4.79 Å². The van der Waals surface area contributed by atoms with Gasteiger partial charge in [-0.05, 0) is 59.0 Å². The smallest absolute Gasteiger partial charge is 0.267 e. The quantitative estimate of drug-likeness (QED) is 0.475. The summed E-state index contributed by atoms with van der Waals surface area (Å²) in [4.78, 5) is 12.8. The summed E-state index contributed by atoms with van der Waals surface area (Å²) in [6.07, 6.45) is 0. The summed E-state index contributed by atoms with van der Waals surface area (Å²) in [6.45, 7) is 0. The predicted molar refractivity (Wildman–Crippen MR) is 99.0 cm³/mol. The molecule has 0 fully saturated rings. The largest absolute Gasteiger partial charge is 0.321 e. The Morgan fingerprint density at radius 1 is 1.10 bits per heavy atom. The Bertz CT molecular complexity index is 830. The van der Waals surface area contributed by atoms with Crippen molar-refractivity contribution < 1.29 is 4.79 Å². The number of nitrogens with one attached hydrogen (secondary N) is 1. The van der Waals surface area contributed by atoms with E-state index in [1.54, 1.807) is 6.07 Å². The summed E-state index contributed by atoms with van der Waals surface area (Å²) in [6, 6.07) is 13.0. The molecule has 2 aromatic carbocycles. The molecule has 21 heavy (non-hydrogen) atoms. The third-order valence-corrected chi connectivity index (χ3v) is 5.51. The molecule has 0 aliphatic heterocycles. The third-order valence-electron chi connectivity index (χ3n) is 2.90. The monoisotopic (exact) mass is 447 g/mol. The zero-order valence-corrected chi connectivity index (χ0v) is 15.0. The SMILES string of the molecule is O=C(Nc1ccc(I)cc1)c1sc2cc(Cl)ccc2c1Cl. The topological polar surface area (TPSA) is 29.1 Å². The van der Waals surface area contributed by atoms with Crippen LogP contribution in [0.15, 0.2) is 42.5 Å². The molecule has 0 bridgehead atoms. The lowest BCUT2D eigenvalue weighted by atomic mass is 10.2. The van der Waals surface area contributed by atoms with E-state index in [4.69, 9.17) is 23.2 Å². The molecule has 106 valence electrons. The molecule has 0 radical (unpaired) electrons. The zero-order valence-electron chi connectivity index (χ0n) is 10.5. The Kier molecular flexibility index (Phi) is 4.40. The van der Waals surface area contributed by atoms with E-state index >= 15 is 0 Å². The van der Waals surface area contributed by atoms with Gasteiger partial charge in [0.1, 0.15) is 4.88 Å². The molecule has 3 rings (SSSR count). The van der Waals surface area contributed by atoms with Crippen LogP contribution in [0.2, 0.25) is 10.0 Å². The number of thiophene rings is 1. The number of amides is 1. The highest BCUT2D eigenvalue weighted by atomic mass is 127. The van der Waals surface area contributed by atoms with Crippen molar-refractivity contribution in [1.29, 1.82) is 0 Å². The Morgan fingerprint density at radius 2 is 1.81 bits per heavy atom. The second kappa shape index (κ2) is 6.12. The average Bonchev–Trinajstić information content (AvgIpc) is 2.78. The van der Waals surface area contributed by atoms with Gasteiger partial charge < -0.3 is 5.32 Å². The summed E-state index contributed by atoms with van der Waals surface area (Å²) in [5, 5.41) is 4.80. The van der Waals surface area contributed by atoms with Gasteiger partial charge in [-0.2, -0.15) is 0 Å². The normalized spacial score (nSPS) is 10.8. The molecule has 1 N–H and O–H groups in total. The molecule has 6 heteroatoms. The number of carbonyl (C=O) groups is 1. The maximum atomic E-state index is 12.4. The molecule has 0 saturated carbocycles. The second-order valence-electron chi connectivity index (χ2n) is 4.35. The lowest BCUT2D eigenvalue weighted by Gasteiger charge is -2.03. The number of hydrogen-bond acceptors (Lipinski definition) is 2. The summed E-state index contributed by atoms with van der Waals surface area (Å²) >= 11 is 15.8. The standard InChI is InChI=1S/C15H8Cl2INOS/c16-8-1-6-11-12(7-8)21-14(13(11)17)15(20)19-10-4-2-9(18)3-5-10/h1-7H,(H,19,20). The summed E-state index contributed by atoms with van der Waals surface area (Å²) < 4.78 is 2.01. The molecule has 2 nitrogen and oxygen atoms in total. The van der Waals surface area contributed by atoms with Crippen molar-refractivity contribution in [2.75, 3.05) is 5.32 Å². The van der Waals surface area contributed by atoms with Crippen molar-refractivity contribution in [1.82, 2.24) is 0 Å². The lowest BCUT2D eigenvalue weighted by molar-refractivity contribution is 0.103. The number of hydrogen-bond donors (Lipinski definition) is 1. The number of anilines is 1. The minimum absolute atomic E-state index is 0.210. The Balaban J connectivity index is 1.94. The van der Waals surface area contributed by atoms with E-state index in [1.165, 1.54) is 11.3 Å². The number of rotatable bonds is 2.